The molecule has 1 atom stereocenters. The van der Waals surface area contributed by atoms with Crippen molar-refractivity contribution in [1.29, 1.82) is 0 Å². The number of furan rings is 1. The number of hydrogen-bond donors (Lipinski definition) is 1. The van der Waals surface area contributed by atoms with Gasteiger partial charge in [-0.1, -0.05) is 18.2 Å². The zero-order valence-corrected chi connectivity index (χ0v) is 14.6. The van der Waals surface area contributed by atoms with Crippen LogP contribution >= 0.6 is 0 Å². The quantitative estimate of drug-likeness (QED) is 0.835. The predicted molar refractivity (Wildman–Crippen MR) is 96.7 cm³/mol. The average molecular weight is 355 g/mol. The molecule has 1 aliphatic heterocycles. The molecule has 1 saturated heterocycles. The number of anilines is 1. The van der Waals surface area contributed by atoms with E-state index in [4.69, 9.17) is 14.9 Å². The van der Waals surface area contributed by atoms with Gasteiger partial charge in [0.2, 0.25) is 5.91 Å². The van der Waals surface area contributed by atoms with Gasteiger partial charge in [0.15, 0.2) is 0 Å². The van der Waals surface area contributed by atoms with Crippen LogP contribution in [0.3, 0.4) is 0 Å². The molecule has 0 saturated carbocycles. The molecule has 0 radical (unpaired) electrons. The minimum absolute atomic E-state index is 0.216. The highest BCUT2D eigenvalue weighted by Crippen LogP contribution is 2.28. The number of carbonyl (C=O) groups excluding carboxylic acids is 2. The van der Waals surface area contributed by atoms with Crippen LogP contribution in [0.1, 0.15) is 12.2 Å². The van der Waals surface area contributed by atoms with E-state index in [1.165, 1.54) is 9.80 Å². The van der Waals surface area contributed by atoms with E-state index >= 15 is 0 Å². The monoisotopic (exact) mass is 355 g/mol. The fourth-order valence-corrected chi connectivity index (χ4v) is 3.02. The Hall–Kier alpha value is -3.22. The normalized spacial score (nSPS) is 16.6. The van der Waals surface area contributed by atoms with Crippen LogP contribution in [-0.2, 0) is 11.3 Å². The van der Waals surface area contributed by atoms with Crippen molar-refractivity contribution in [3.05, 3.63) is 60.6 Å². The fourth-order valence-electron chi connectivity index (χ4n) is 3.02. The second kappa shape index (κ2) is 7.35. The molecule has 1 aliphatic rings. The molecule has 0 bridgehead atoms. The van der Waals surface area contributed by atoms with Crippen molar-refractivity contribution in [2.75, 3.05) is 18.6 Å². The molecule has 1 aromatic heterocycles. The number of benzene rings is 1. The molecule has 2 aromatic rings. The first-order chi connectivity index (χ1) is 12.5. The number of methoxy groups -OCH3 is 1. The summed E-state index contributed by atoms with van der Waals surface area (Å²) in [5, 5.41) is 0. The number of hydrogen-bond acceptors (Lipinski definition) is 4. The molecule has 3 rings (SSSR count). The summed E-state index contributed by atoms with van der Waals surface area (Å²) in [6.07, 6.45) is 1.93. The van der Waals surface area contributed by atoms with Crippen molar-refractivity contribution in [2.45, 2.75) is 19.0 Å². The second-order valence-electron chi connectivity index (χ2n) is 6.15. The molecule has 0 aliphatic carbocycles. The van der Waals surface area contributed by atoms with Crippen molar-refractivity contribution in [3.63, 3.8) is 0 Å². The molecule has 0 spiro atoms. The molecule has 2 N–H and O–H groups in total. The van der Waals surface area contributed by atoms with E-state index in [0.29, 0.717) is 30.2 Å². The first-order valence-electron chi connectivity index (χ1n) is 8.20. The van der Waals surface area contributed by atoms with Gasteiger partial charge in [-0.15, -0.1) is 0 Å². The van der Waals surface area contributed by atoms with Gasteiger partial charge in [-0.3, -0.25) is 9.69 Å². The Bertz CT molecular complexity index is 816. The standard InChI is InChI=1S/C19H21N3O4/c1-13-9-17(18(20)23)22(11-13)19(24)21(12-16-7-4-8-26-16)14-5-3-6-15(10-14)25-2/h3-8,10,17H,1,9,11-12H2,2H3,(H2,20,23). The van der Waals surface area contributed by atoms with Gasteiger partial charge >= 0.3 is 6.03 Å². The lowest BCUT2D eigenvalue weighted by Crippen LogP contribution is -2.49. The zero-order chi connectivity index (χ0) is 18.7. The first-order valence-corrected chi connectivity index (χ1v) is 8.20. The number of amides is 3. The summed E-state index contributed by atoms with van der Waals surface area (Å²) in [4.78, 5) is 28.0. The van der Waals surface area contributed by atoms with Crippen LogP contribution in [0.15, 0.2) is 59.2 Å². The highest BCUT2D eigenvalue weighted by atomic mass is 16.5. The van der Waals surface area contributed by atoms with Crippen LogP contribution in [0.25, 0.3) is 0 Å². The van der Waals surface area contributed by atoms with Gasteiger partial charge in [0.05, 0.1) is 19.9 Å². The van der Waals surface area contributed by atoms with Crippen molar-refractivity contribution >= 4 is 17.6 Å². The van der Waals surface area contributed by atoms with Crippen LogP contribution in [0.5, 0.6) is 5.75 Å². The van der Waals surface area contributed by atoms with Gasteiger partial charge in [-0.2, -0.15) is 0 Å². The van der Waals surface area contributed by atoms with E-state index in [9.17, 15) is 9.59 Å². The minimum Gasteiger partial charge on any atom is -0.497 e. The van der Waals surface area contributed by atoms with E-state index in [1.54, 1.807) is 49.8 Å². The summed E-state index contributed by atoms with van der Waals surface area (Å²) in [5.41, 5.74) is 6.91. The van der Waals surface area contributed by atoms with Gasteiger partial charge in [0, 0.05) is 18.3 Å². The van der Waals surface area contributed by atoms with Crippen LogP contribution in [-0.4, -0.2) is 36.5 Å². The van der Waals surface area contributed by atoms with E-state index < -0.39 is 11.9 Å². The Labute approximate surface area is 151 Å². The Morgan fingerprint density at radius 3 is 2.85 bits per heavy atom. The molecule has 7 heteroatoms. The summed E-state index contributed by atoms with van der Waals surface area (Å²) >= 11 is 0. The first kappa shape index (κ1) is 17.6. The highest BCUT2D eigenvalue weighted by molar-refractivity contribution is 5.96. The Kier molecular flexibility index (Phi) is 4.97. The van der Waals surface area contributed by atoms with Crippen LogP contribution in [0.4, 0.5) is 10.5 Å². The van der Waals surface area contributed by atoms with Crippen LogP contribution in [0.2, 0.25) is 0 Å². The van der Waals surface area contributed by atoms with Crippen LogP contribution in [0, 0.1) is 0 Å². The maximum absolute atomic E-state index is 13.3. The predicted octanol–water partition coefficient (Wildman–Crippen LogP) is 2.53. The summed E-state index contributed by atoms with van der Waals surface area (Å²) < 4.78 is 10.7. The summed E-state index contributed by atoms with van der Waals surface area (Å²) in [5.74, 6) is 0.701. The lowest BCUT2D eigenvalue weighted by molar-refractivity contribution is -0.121. The van der Waals surface area contributed by atoms with Crippen molar-refractivity contribution in [3.8, 4) is 5.75 Å². The topological polar surface area (TPSA) is 89.0 Å². The molecule has 7 nitrogen and oxygen atoms in total. The number of carbonyl (C=O) groups is 2. The molecule has 1 fully saturated rings. The van der Waals surface area contributed by atoms with Crippen molar-refractivity contribution < 1.29 is 18.7 Å². The van der Waals surface area contributed by atoms with Gasteiger partial charge in [0.25, 0.3) is 0 Å². The molecule has 3 amide bonds. The number of ether oxygens (including phenoxy) is 1. The molecular formula is C19H21N3O4. The summed E-state index contributed by atoms with van der Waals surface area (Å²) in [6, 6.07) is 9.66. The van der Waals surface area contributed by atoms with E-state index in [0.717, 1.165) is 5.57 Å². The van der Waals surface area contributed by atoms with Crippen molar-refractivity contribution in [2.24, 2.45) is 5.73 Å². The highest BCUT2D eigenvalue weighted by Gasteiger charge is 2.37. The maximum atomic E-state index is 13.3. The number of urea groups is 1. The Morgan fingerprint density at radius 2 is 2.19 bits per heavy atom. The number of rotatable bonds is 5. The molecule has 1 aromatic carbocycles. The zero-order valence-electron chi connectivity index (χ0n) is 14.6. The van der Waals surface area contributed by atoms with Gasteiger partial charge in [-0.25, -0.2) is 4.79 Å². The van der Waals surface area contributed by atoms with E-state index in [-0.39, 0.29) is 12.6 Å². The Balaban J connectivity index is 1.95. The molecular weight excluding hydrogens is 334 g/mol. The number of primary amides is 1. The molecule has 1 unspecified atom stereocenters. The lowest BCUT2D eigenvalue weighted by Gasteiger charge is -2.30. The smallest absolute Gasteiger partial charge is 0.325 e. The number of nitrogens with zero attached hydrogens (tertiary/aromatic N) is 2. The number of likely N-dealkylation sites (tertiary alicyclic amines) is 1. The fraction of sp³-hybridized carbons (Fsp3) is 0.263. The molecule has 136 valence electrons. The average Bonchev–Trinajstić information content (AvgIpc) is 3.28. The number of nitrogens with two attached hydrogens (primary N) is 1. The van der Waals surface area contributed by atoms with Gasteiger partial charge in [0.1, 0.15) is 17.6 Å². The third-order valence-electron chi connectivity index (χ3n) is 4.32. The van der Waals surface area contributed by atoms with E-state index in [1.807, 2.05) is 0 Å². The van der Waals surface area contributed by atoms with Crippen molar-refractivity contribution in [1.82, 2.24) is 4.90 Å². The third-order valence-corrected chi connectivity index (χ3v) is 4.32. The molecule has 2 heterocycles. The second-order valence-corrected chi connectivity index (χ2v) is 6.15. The maximum Gasteiger partial charge on any atom is 0.325 e. The largest absolute Gasteiger partial charge is 0.497 e. The summed E-state index contributed by atoms with van der Waals surface area (Å²) in [7, 11) is 1.56. The summed E-state index contributed by atoms with van der Waals surface area (Å²) in [6.45, 7) is 4.41. The van der Waals surface area contributed by atoms with Gasteiger partial charge in [-0.05, 0) is 30.7 Å². The third kappa shape index (κ3) is 3.56. The van der Waals surface area contributed by atoms with Crippen LogP contribution < -0.4 is 15.4 Å². The molecule has 26 heavy (non-hydrogen) atoms. The SMILES string of the molecule is C=C1CC(C(N)=O)N(C(=O)N(Cc2ccco2)c2cccc(OC)c2)C1. The van der Waals surface area contributed by atoms with E-state index in [2.05, 4.69) is 6.58 Å². The van der Waals surface area contributed by atoms with Gasteiger partial charge < -0.3 is 19.8 Å². The lowest BCUT2D eigenvalue weighted by atomic mass is 10.2. The Morgan fingerprint density at radius 1 is 1.38 bits per heavy atom. The minimum atomic E-state index is -0.695.